The van der Waals surface area contributed by atoms with E-state index < -0.39 is 28.3 Å². The number of para-hydroxylation sites is 1. The van der Waals surface area contributed by atoms with Crippen molar-refractivity contribution in [2.45, 2.75) is 13.0 Å². The number of amides is 1. The summed E-state index contributed by atoms with van der Waals surface area (Å²) in [4.78, 5) is 42.3. The van der Waals surface area contributed by atoms with Crippen molar-refractivity contribution in [2.75, 3.05) is 5.32 Å². The molecule has 1 amide bonds. The fraction of sp³-hybridized carbons (Fsp3) is 0.0800. The Balaban J connectivity index is 1.66. The van der Waals surface area contributed by atoms with Crippen LogP contribution in [-0.4, -0.2) is 15.4 Å². The molecule has 1 aliphatic heterocycles. The van der Waals surface area contributed by atoms with Crippen molar-refractivity contribution in [3.63, 3.8) is 0 Å². The molecule has 36 heavy (non-hydrogen) atoms. The van der Waals surface area contributed by atoms with Gasteiger partial charge in [0.1, 0.15) is 10.7 Å². The number of nitrogens with one attached hydrogen (secondary N) is 1. The number of aromatic nitrogens is 1. The first kappa shape index (κ1) is 23.5. The lowest BCUT2D eigenvalue weighted by atomic mass is 9.95. The first-order valence-corrected chi connectivity index (χ1v) is 11.9. The van der Waals surface area contributed by atoms with E-state index in [0.29, 0.717) is 32.3 Å². The maximum Gasteiger partial charge on any atom is 0.433 e. The summed E-state index contributed by atoms with van der Waals surface area (Å²) in [7, 11) is 0. The zero-order valence-electron chi connectivity index (χ0n) is 18.7. The van der Waals surface area contributed by atoms with Crippen LogP contribution in [0.4, 0.5) is 11.6 Å². The largest absolute Gasteiger partial charge is 0.433 e. The standard InChI is InChI=1S/C25H17ClN4O5S/c1-14-21(23(31)28-17-5-3-2-4-6-17)22(15-7-9-16(26)10-8-15)29-24(32)19(36-25(29)27-14)13-18-11-12-20(35-18)30(33)34/h2-13,22H,1H3,(H,28,31)/b19-13+/t22-/m1/s1. The van der Waals surface area contributed by atoms with Crippen molar-refractivity contribution in [1.29, 1.82) is 0 Å². The predicted octanol–water partition coefficient (Wildman–Crippen LogP) is 4.03. The molecule has 1 atom stereocenters. The Morgan fingerprint density at radius 3 is 2.56 bits per heavy atom. The van der Waals surface area contributed by atoms with E-state index >= 15 is 0 Å². The fourth-order valence-electron chi connectivity index (χ4n) is 3.94. The summed E-state index contributed by atoms with van der Waals surface area (Å²) < 4.78 is 6.90. The Labute approximate surface area is 212 Å². The lowest BCUT2D eigenvalue weighted by molar-refractivity contribution is -0.402. The van der Waals surface area contributed by atoms with Gasteiger partial charge in [-0.05, 0) is 42.8 Å². The molecule has 0 bridgehead atoms. The second kappa shape index (κ2) is 9.40. The quantitative estimate of drug-likeness (QED) is 0.315. The summed E-state index contributed by atoms with van der Waals surface area (Å²) in [6.45, 7) is 1.72. The van der Waals surface area contributed by atoms with Gasteiger partial charge in [-0.25, -0.2) is 4.99 Å². The van der Waals surface area contributed by atoms with E-state index in [1.807, 2.05) is 6.07 Å². The molecule has 4 aromatic rings. The minimum Gasteiger partial charge on any atom is -0.401 e. The van der Waals surface area contributed by atoms with Gasteiger partial charge in [-0.3, -0.25) is 24.3 Å². The number of allylic oxidation sites excluding steroid dienone is 1. The van der Waals surface area contributed by atoms with Crippen LogP contribution in [0.2, 0.25) is 5.02 Å². The smallest absolute Gasteiger partial charge is 0.401 e. The van der Waals surface area contributed by atoms with Gasteiger partial charge in [0.05, 0.1) is 27.9 Å². The van der Waals surface area contributed by atoms with Gasteiger partial charge in [0, 0.05) is 16.8 Å². The van der Waals surface area contributed by atoms with Crippen LogP contribution in [0, 0.1) is 10.1 Å². The van der Waals surface area contributed by atoms with Crippen molar-refractivity contribution >= 4 is 46.5 Å². The van der Waals surface area contributed by atoms with Gasteiger partial charge in [-0.2, -0.15) is 0 Å². The normalized spacial score (nSPS) is 15.4. The lowest BCUT2D eigenvalue weighted by Gasteiger charge is -2.25. The minimum absolute atomic E-state index is 0.160. The van der Waals surface area contributed by atoms with E-state index in [4.69, 9.17) is 16.0 Å². The summed E-state index contributed by atoms with van der Waals surface area (Å²) in [6.07, 6.45) is 1.43. The van der Waals surface area contributed by atoms with Gasteiger partial charge in [-0.15, -0.1) is 0 Å². The molecule has 0 fully saturated rings. The second-order valence-electron chi connectivity index (χ2n) is 7.89. The molecule has 11 heteroatoms. The SMILES string of the molecule is CC1=C(C(=O)Nc2ccccc2)[C@@H](c2ccc(Cl)cc2)n2c(s/c(=C/c3ccc([N+](=O)[O-])o3)c2=O)=N1. The van der Waals surface area contributed by atoms with E-state index in [1.54, 1.807) is 55.5 Å². The molecular formula is C25H17ClN4O5S. The molecule has 5 rings (SSSR count). The average Bonchev–Trinajstić information content (AvgIpc) is 3.44. The van der Waals surface area contributed by atoms with E-state index in [9.17, 15) is 19.7 Å². The number of fused-ring (bicyclic) bond motifs is 1. The highest BCUT2D eigenvalue weighted by Crippen LogP contribution is 2.31. The molecule has 180 valence electrons. The number of carbonyl (C=O) groups is 1. The molecular weight excluding hydrogens is 504 g/mol. The van der Waals surface area contributed by atoms with Gasteiger partial charge in [0.25, 0.3) is 11.5 Å². The third-order valence-corrected chi connectivity index (χ3v) is 6.78. The zero-order chi connectivity index (χ0) is 25.4. The number of carbonyl (C=O) groups excluding carboxylic acids is 1. The molecule has 0 spiro atoms. The molecule has 9 nitrogen and oxygen atoms in total. The highest BCUT2D eigenvalue weighted by Gasteiger charge is 2.32. The third-order valence-electron chi connectivity index (χ3n) is 5.55. The summed E-state index contributed by atoms with van der Waals surface area (Å²) >= 11 is 7.20. The number of nitrogens with zero attached hydrogens (tertiary/aromatic N) is 3. The summed E-state index contributed by atoms with van der Waals surface area (Å²) in [5.74, 6) is -0.658. The number of hydrogen-bond donors (Lipinski definition) is 1. The van der Waals surface area contributed by atoms with Gasteiger partial charge >= 0.3 is 5.88 Å². The highest BCUT2D eigenvalue weighted by molar-refractivity contribution is 7.07. The molecule has 2 aromatic heterocycles. The predicted molar refractivity (Wildman–Crippen MR) is 136 cm³/mol. The van der Waals surface area contributed by atoms with Crippen LogP contribution in [0.5, 0.6) is 0 Å². The van der Waals surface area contributed by atoms with Crippen LogP contribution in [0.25, 0.3) is 6.08 Å². The molecule has 1 N–H and O–H groups in total. The highest BCUT2D eigenvalue weighted by atomic mass is 35.5. The zero-order valence-corrected chi connectivity index (χ0v) is 20.2. The first-order chi connectivity index (χ1) is 17.3. The van der Waals surface area contributed by atoms with Crippen LogP contribution in [0.15, 0.2) is 92.2 Å². The van der Waals surface area contributed by atoms with Crippen LogP contribution in [0.1, 0.15) is 24.3 Å². The molecule has 2 aromatic carbocycles. The number of halogens is 1. The Bertz CT molecular complexity index is 1700. The summed E-state index contributed by atoms with van der Waals surface area (Å²) in [6, 6.07) is 17.8. The van der Waals surface area contributed by atoms with Crippen molar-refractivity contribution in [1.82, 2.24) is 4.57 Å². The molecule has 3 heterocycles. The Hall–Kier alpha value is -4.28. The molecule has 0 saturated carbocycles. The Kier molecular flexibility index (Phi) is 6.13. The van der Waals surface area contributed by atoms with Gasteiger partial charge < -0.3 is 9.73 Å². The minimum atomic E-state index is -0.768. The Morgan fingerprint density at radius 2 is 1.89 bits per heavy atom. The first-order valence-electron chi connectivity index (χ1n) is 10.7. The third kappa shape index (κ3) is 4.39. The number of rotatable bonds is 5. The summed E-state index contributed by atoms with van der Waals surface area (Å²) in [5.41, 5.74) is 1.65. The summed E-state index contributed by atoms with van der Waals surface area (Å²) in [5, 5.41) is 14.3. The van der Waals surface area contributed by atoms with Crippen molar-refractivity contribution in [3.05, 3.63) is 124 Å². The van der Waals surface area contributed by atoms with E-state index in [2.05, 4.69) is 10.3 Å². The topological polar surface area (TPSA) is 120 Å². The molecule has 0 saturated heterocycles. The maximum absolute atomic E-state index is 13.6. The van der Waals surface area contributed by atoms with Crippen LogP contribution < -0.4 is 20.2 Å². The average molecular weight is 521 g/mol. The Morgan fingerprint density at radius 1 is 1.17 bits per heavy atom. The second-order valence-corrected chi connectivity index (χ2v) is 9.33. The van der Waals surface area contributed by atoms with Crippen molar-refractivity contribution in [2.24, 2.45) is 4.99 Å². The van der Waals surface area contributed by atoms with Crippen LogP contribution >= 0.6 is 22.9 Å². The number of furan rings is 1. The van der Waals surface area contributed by atoms with E-state index in [0.717, 1.165) is 11.3 Å². The van der Waals surface area contributed by atoms with Gasteiger partial charge in [0.2, 0.25) is 0 Å². The fourth-order valence-corrected chi connectivity index (χ4v) is 5.09. The van der Waals surface area contributed by atoms with Gasteiger partial charge in [0.15, 0.2) is 4.80 Å². The van der Waals surface area contributed by atoms with E-state index in [1.165, 1.54) is 22.8 Å². The van der Waals surface area contributed by atoms with Crippen molar-refractivity contribution in [3.8, 4) is 0 Å². The van der Waals surface area contributed by atoms with Crippen LogP contribution in [0.3, 0.4) is 0 Å². The van der Waals surface area contributed by atoms with Gasteiger partial charge in [-0.1, -0.05) is 53.3 Å². The molecule has 1 aliphatic rings. The molecule has 0 radical (unpaired) electrons. The number of thiazole rings is 1. The number of nitro groups is 1. The molecule has 0 unspecified atom stereocenters. The van der Waals surface area contributed by atoms with E-state index in [-0.39, 0.29) is 10.3 Å². The number of anilines is 1. The number of hydrogen-bond acceptors (Lipinski definition) is 7. The molecule has 0 aliphatic carbocycles. The van der Waals surface area contributed by atoms with Crippen LogP contribution in [-0.2, 0) is 4.79 Å². The van der Waals surface area contributed by atoms with Crippen molar-refractivity contribution < 1.29 is 14.1 Å². The lowest BCUT2D eigenvalue weighted by Crippen LogP contribution is -2.40. The monoisotopic (exact) mass is 520 g/mol. The maximum atomic E-state index is 13.6. The number of benzene rings is 2.